The van der Waals surface area contributed by atoms with Crippen molar-refractivity contribution in [1.29, 1.82) is 0 Å². The van der Waals surface area contributed by atoms with Crippen LogP contribution in [0.2, 0.25) is 0 Å². The van der Waals surface area contributed by atoms with E-state index in [9.17, 15) is 9.59 Å². The first kappa shape index (κ1) is 16.4. The van der Waals surface area contributed by atoms with Gasteiger partial charge in [-0.2, -0.15) is 0 Å². The highest BCUT2D eigenvalue weighted by molar-refractivity contribution is 5.67. The fourth-order valence-corrected chi connectivity index (χ4v) is 0.729. The van der Waals surface area contributed by atoms with Crippen molar-refractivity contribution in [2.75, 3.05) is 0 Å². The van der Waals surface area contributed by atoms with Crippen LogP contribution in [0.3, 0.4) is 0 Å². The van der Waals surface area contributed by atoms with Crippen molar-refractivity contribution in [3.63, 3.8) is 0 Å². The molecule has 0 heterocycles. The molecule has 0 spiro atoms. The summed E-state index contributed by atoms with van der Waals surface area (Å²) in [6.45, 7) is 4.36. The fraction of sp³-hybridized carbons (Fsp3) is 0.818. The molecular formula is C11H22O4. The molecule has 2 N–H and O–H groups in total. The SMILES string of the molecule is CCCC.O=C(O)CCCCCC(=O)O. The molecule has 0 amide bonds. The van der Waals surface area contributed by atoms with Gasteiger partial charge in [0, 0.05) is 12.8 Å². The summed E-state index contributed by atoms with van der Waals surface area (Å²) in [6, 6.07) is 0. The summed E-state index contributed by atoms with van der Waals surface area (Å²) in [5, 5.41) is 16.4. The molecule has 0 rings (SSSR count). The van der Waals surface area contributed by atoms with Gasteiger partial charge in [-0.25, -0.2) is 0 Å². The van der Waals surface area contributed by atoms with Gasteiger partial charge in [0.05, 0.1) is 0 Å². The number of unbranched alkanes of at least 4 members (excludes halogenated alkanes) is 3. The molecule has 0 unspecified atom stereocenters. The third-order valence-electron chi connectivity index (χ3n) is 1.78. The molecule has 0 aromatic carbocycles. The zero-order chi connectivity index (χ0) is 12.1. The van der Waals surface area contributed by atoms with Crippen LogP contribution in [0.15, 0.2) is 0 Å². The summed E-state index contributed by atoms with van der Waals surface area (Å²) in [5.74, 6) is -1.64. The molecule has 0 bridgehead atoms. The molecule has 0 aliphatic carbocycles. The number of carbonyl (C=O) groups is 2. The molecule has 0 fully saturated rings. The number of aliphatic carboxylic acids is 2. The van der Waals surface area contributed by atoms with E-state index in [1.165, 1.54) is 12.8 Å². The second kappa shape index (κ2) is 12.9. The van der Waals surface area contributed by atoms with Crippen molar-refractivity contribution in [3.8, 4) is 0 Å². The largest absolute Gasteiger partial charge is 0.481 e. The lowest BCUT2D eigenvalue weighted by atomic mass is 10.1. The summed E-state index contributed by atoms with van der Waals surface area (Å²) < 4.78 is 0. The minimum absolute atomic E-state index is 0.139. The van der Waals surface area contributed by atoms with E-state index in [2.05, 4.69) is 13.8 Å². The van der Waals surface area contributed by atoms with E-state index in [1.54, 1.807) is 0 Å². The van der Waals surface area contributed by atoms with Crippen LogP contribution in [0.5, 0.6) is 0 Å². The molecular weight excluding hydrogens is 196 g/mol. The Hall–Kier alpha value is -1.06. The highest BCUT2D eigenvalue weighted by Gasteiger charge is 1.98. The third-order valence-corrected chi connectivity index (χ3v) is 1.78. The quantitative estimate of drug-likeness (QED) is 0.644. The predicted molar refractivity (Wildman–Crippen MR) is 58.9 cm³/mol. The van der Waals surface area contributed by atoms with Gasteiger partial charge in [-0.15, -0.1) is 0 Å². The summed E-state index contributed by atoms with van der Waals surface area (Å²) in [4.78, 5) is 20.0. The van der Waals surface area contributed by atoms with Gasteiger partial charge in [0.1, 0.15) is 0 Å². The van der Waals surface area contributed by atoms with Gasteiger partial charge in [0.15, 0.2) is 0 Å². The van der Waals surface area contributed by atoms with E-state index in [1.807, 2.05) is 0 Å². The van der Waals surface area contributed by atoms with E-state index in [-0.39, 0.29) is 12.8 Å². The van der Waals surface area contributed by atoms with Crippen LogP contribution in [0.1, 0.15) is 58.8 Å². The Balaban J connectivity index is 0. The maximum Gasteiger partial charge on any atom is 0.303 e. The van der Waals surface area contributed by atoms with Gasteiger partial charge in [-0.3, -0.25) is 9.59 Å². The smallest absolute Gasteiger partial charge is 0.303 e. The molecule has 0 radical (unpaired) electrons. The average molecular weight is 218 g/mol. The zero-order valence-electron chi connectivity index (χ0n) is 9.66. The summed E-state index contributed by atoms with van der Waals surface area (Å²) in [7, 11) is 0. The van der Waals surface area contributed by atoms with Crippen molar-refractivity contribution in [2.45, 2.75) is 58.8 Å². The number of hydrogen-bond acceptors (Lipinski definition) is 2. The molecule has 0 aromatic rings. The topological polar surface area (TPSA) is 74.6 Å². The van der Waals surface area contributed by atoms with Crippen molar-refractivity contribution in [1.82, 2.24) is 0 Å². The van der Waals surface area contributed by atoms with Crippen LogP contribution in [-0.2, 0) is 9.59 Å². The van der Waals surface area contributed by atoms with E-state index in [0.29, 0.717) is 19.3 Å². The average Bonchev–Trinajstić information content (AvgIpc) is 2.17. The monoisotopic (exact) mass is 218 g/mol. The van der Waals surface area contributed by atoms with Crippen LogP contribution in [-0.4, -0.2) is 22.2 Å². The standard InChI is InChI=1S/C7H12O4.C4H10/c8-6(9)4-2-1-3-5-7(10)11;1-3-4-2/h1-5H2,(H,8,9)(H,10,11);3-4H2,1-2H3. The Morgan fingerprint density at radius 3 is 1.33 bits per heavy atom. The maximum atomic E-state index is 9.98. The van der Waals surface area contributed by atoms with Crippen LogP contribution in [0.25, 0.3) is 0 Å². The minimum Gasteiger partial charge on any atom is -0.481 e. The Morgan fingerprint density at radius 1 is 0.800 bits per heavy atom. The van der Waals surface area contributed by atoms with Crippen molar-refractivity contribution in [2.24, 2.45) is 0 Å². The minimum atomic E-state index is -0.819. The first-order valence-corrected chi connectivity index (χ1v) is 5.48. The van der Waals surface area contributed by atoms with Gasteiger partial charge in [-0.1, -0.05) is 33.1 Å². The molecule has 0 aliphatic heterocycles. The third kappa shape index (κ3) is 24.6. The number of carboxylic acid groups (broad SMARTS) is 2. The molecule has 0 atom stereocenters. The van der Waals surface area contributed by atoms with E-state index >= 15 is 0 Å². The highest BCUT2D eigenvalue weighted by atomic mass is 16.4. The first-order valence-electron chi connectivity index (χ1n) is 5.48. The van der Waals surface area contributed by atoms with Crippen LogP contribution < -0.4 is 0 Å². The highest BCUT2D eigenvalue weighted by Crippen LogP contribution is 2.02. The first-order chi connectivity index (χ1) is 7.04. The van der Waals surface area contributed by atoms with Gasteiger partial charge in [0.2, 0.25) is 0 Å². The zero-order valence-corrected chi connectivity index (χ0v) is 9.66. The Labute approximate surface area is 91.3 Å². The van der Waals surface area contributed by atoms with E-state index < -0.39 is 11.9 Å². The second-order valence-electron chi connectivity index (χ2n) is 3.35. The lowest BCUT2D eigenvalue weighted by molar-refractivity contribution is -0.137. The maximum absolute atomic E-state index is 9.98. The lowest BCUT2D eigenvalue weighted by Crippen LogP contribution is -1.96. The summed E-state index contributed by atoms with van der Waals surface area (Å²) >= 11 is 0. The second-order valence-corrected chi connectivity index (χ2v) is 3.35. The molecule has 15 heavy (non-hydrogen) atoms. The molecule has 0 aromatic heterocycles. The fourth-order valence-electron chi connectivity index (χ4n) is 0.729. The van der Waals surface area contributed by atoms with E-state index in [0.717, 1.165) is 0 Å². The summed E-state index contributed by atoms with van der Waals surface area (Å²) in [5.41, 5.74) is 0. The Bertz CT molecular complexity index is 148. The molecule has 4 nitrogen and oxygen atoms in total. The predicted octanol–water partition coefficient (Wildman–Crippen LogP) is 2.91. The Kier molecular flexibility index (Phi) is 14.1. The molecule has 0 aliphatic rings. The Morgan fingerprint density at radius 2 is 1.13 bits per heavy atom. The molecule has 0 saturated carbocycles. The number of rotatable bonds is 7. The van der Waals surface area contributed by atoms with Crippen LogP contribution in [0, 0.1) is 0 Å². The van der Waals surface area contributed by atoms with Crippen molar-refractivity contribution >= 4 is 11.9 Å². The molecule has 90 valence electrons. The number of hydrogen-bond donors (Lipinski definition) is 2. The molecule has 0 saturated heterocycles. The van der Waals surface area contributed by atoms with Gasteiger partial charge < -0.3 is 10.2 Å². The van der Waals surface area contributed by atoms with Crippen LogP contribution in [0.4, 0.5) is 0 Å². The molecule has 4 heteroatoms. The normalized spacial score (nSPS) is 8.93. The van der Waals surface area contributed by atoms with Gasteiger partial charge >= 0.3 is 11.9 Å². The van der Waals surface area contributed by atoms with Crippen LogP contribution >= 0.6 is 0 Å². The van der Waals surface area contributed by atoms with Gasteiger partial charge in [0.25, 0.3) is 0 Å². The van der Waals surface area contributed by atoms with Gasteiger partial charge in [-0.05, 0) is 12.8 Å². The summed E-state index contributed by atoms with van der Waals surface area (Å²) in [6.07, 6.45) is 4.74. The lowest BCUT2D eigenvalue weighted by Gasteiger charge is -1.94. The number of carboxylic acids is 2. The van der Waals surface area contributed by atoms with E-state index in [4.69, 9.17) is 10.2 Å². The van der Waals surface area contributed by atoms with Crippen molar-refractivity contribution in [3.05, 3.63) is 0 Å². The van der Waals surface area contributed by atoms with Crippen molar-refractivity contribution < 1.29 is 19.8 Å².